The van der Waals surface area contributed by atoms with E-state index in [1.807, 2.05) is 54.6 Å². The van der Waals surface area contributed by atoms with E-state index in [4.69, 9.17) is 26.9 Å². The number of aryl methyl sites for hydroxylation is 1. The van der Waals surface area contributed by atoms with Crippen LogP contribution in [-0.2, 0) is 16.0 Å². The summed E-state index contributed by atoms with van der Waals surface area (Å²) in [6.45, 7) is 1.73. The summed E-state index contributed by atoms with van der Waals surface area (Å²) in [6, 6.07) is 22.5. The molecule has 0 bridgehead atoms. The van der Waals surface area contributed by atoms with Crippen LogP contribution in [-0.4, -0.2) is 36.3 Å². The Hall–Kier alpha value is -3.97. The third kappa shape index (κ3) is 7.02. The van der Waals surface area contributed by atoms with Crippen molar-refractivity contribution < 1.29 is 19.4 Å². The Bertz CT molecular complexity index is 1240. The Morgan fingerprint density at radius 3 is 2.22 bits per heavy atom. The van der Waals surface area contributed by atoms with Crippen molar-refractivity contribution in [3.63, 3.8) is 0 Å². The van der Waals surface area contributed by atoms with Gasteiger partial charge in [0.1, 0.15) is 11.9 Å². The van der Waals surface area contributed by atoms with E-state index in [1.54, 1.807) is 32.2 Å². The van der Waals surface area contributed by atoms with Crippen LogP contribution in [0.4, 0.5) is 4.79 Å². The zero-order valence-corrected chi connectivity index (χ0v) is 20.8. The highest BCUT2D eigenvalue weighted by molar-refractivity contribution is 6.31. The van der Waals surface area contributed by atoms with Crippen molar-refractivity contribution in [2.45, 2.75) is 31.8 Å². The number of carbonyl (C=O) groups excluding carboxylic acids is 1. The third-order valence-corrected chi connectivity index (χ3v) is 6.09. The Morgan fingerprint density at radius 2 is 1.67 bits per heavy atom. The van der Waals surface area contributed by atoms with Gasteiger partial charge < -0.3 is 15.3 Å². The molecule has 0 spiro atoms. The van der Waals surface area contributed by atoms with Crippen LogP contribution in [0.3, 0.4) is 0 Å². The highest BCUT2D eigenvalue weighted by atomic mass is 35.5. The van der Waals surface area contributed by atoms with Gasteiger partial charge in [-0.25, -0.2) is 4.79 Å². The van der Waals surface area contributed by atoms with Gasteiger partial charge in [0.2, 0.25) is 0 Å². The number of aliphatic carboxylic acids is 1. The number of nitrogens with zero attached hydrogens (tertiary/aromatic N) is 1. The smallest absolute Gasteiger partial charge is 0.413 e. The Balaban J connectivity index is 1.67. The summed E-state index contributed by atoms with van der Waals surface area (Å²) in [5.74, 6) is -1.09. The van der Waals surface area contributed by atoms with Crippen LogP contribution >= 0.6 is 11.6 Å². The van der Waals surface area contributed by atoms with Gasteiger partial charge in [0.15, 0.2) is 0 Å². The molecule has 0 aliphatic rings. The summed E-state index contributed by atoms with van der Waals surface area (Å²) in [5.41, 5.74) is 4.41. The predicted octanol–water partition coefficient (Wildman–Crippen LogP) is 6.27. The molecule has 3 aromatic carbocycles. The number of ether oxygens (including phenoxy) is 1. The maximum Gasteiger partial charge on any atom is 0.413 e. The summed E-state index contributed by atoms with van der Waals surface area (Å²) >= 11 is 6.19. The number of carbonyl (C=O) groups is 2. The second-order valence-electron chi connectivity index (χ2n) is 8.16. The summed E-state index contributed by atoms with van der Waals surface area (Å²) in [6.07, 6.45) is 0.550. The third-order valence-electron chi connectivity index (χ3n) is 5.74. The van der Waals surface area contributed by atoms with Crippen molar-refractivity contribution in [3.8, 4) is 11.1 Å². The van der Waals surface area contributed by atoms with E-state index in [0.717, 1.165) is 22.3 Å². The first-order valence-corrected chi connectivity index (χ1v) is 11.8. The molecule has 0 saturated carbocycles. The minimum absolute atomic E-state index is 0.0981. The number of aliphatic imine (C=N–C) groups is 1. The minimum Gasteiger partial charge on any atom is -0.481 e. The highest BCUT2D eigenvalue weighted by Crippen LogP contribution is 2.26. The Labute approximate surface area is 215 Å². The second kappa shape index (κ2) is 12.7. The van der Waals surface area contributed by atoms with Crippen LogP contribution in [0, 0.1) is 5.41 Å². The molecule has 0 fully saturated rings. The minimum atomic E-state index is -0.816. The molecule has 1 amide bonds. The van der Waals surface area contributed by atoms with Crippen molar-refractivity contribution in [2.75, 3.05) is 7.05 Å². The van der Waals surface area contributed by atoms with Gasteiger partial charge >= 0.3 is 12.1 Å². The first-order chi connectivity index (χ1) is 17.3. The molecule has 3 N–H and O–H groups in total. The van der Waals surface area contributed by atoms with Crippen LogP contribution in [0.5, 0.6) is 0 Å². The van der Waals surface area contributed by atoms with Crippen LogP contribution in [0.2, 0.25) is 5.02 Å². The van der Waals surface area contributed by atoms with Crippen LogP contribution in [0.1, 0.15) is 42.1 Å². The first-order valence-electron chi connectivity index (χ1n) is 11.4. The molecule has 8 heteroatoms. The molecule has 36 heavy (non-hydrogen) atoms. The van der Waals surface area contributed by atoms with E-state index in [0.29, 0.717) is 17.0 Å². The SMILES string of the molecule is CN=C(NC(=O)OC(C)c1ccccc1Cl)C(C=N)c1ccc(-c2ccc(CCC(=O)O)cc2)cc1. The number of carboxylic acids is 1. The molecule has 3 rings (SSSR count). The highest BCUT2D eigenvalue weighted by Gasteiger charge is 2.21. The van der Waals surface area contributed by atoms with E-state index < -0.39 is 24.1 Å². The fourth-order valence-electron chi connectivity index (χ4n) is 3.77. The number of alkyl carbamates (subject to hydrolysis) is 1. The van der Waals surface area contributed by atoms with E-state index >= 15 is 0 Å². The molecule has 7 nitrogen and oxygen atoms in total. The van der Waals surface area contributed by atoms with E-state index in [1.165, 1.54) is 6.21 Å². The number of benzene rings is 3. The molecule has 0 heterocycles. The first kappa shape index (κ1) is 26.6. The van der Waals surface area contributed by atoms with E-state index in [2.05, 4.69) is 10.3 Å². The van der Waals surface area contributed by atoms with Crippen LogP contribution in [0.15, 0.2) is 77.8 Å². The predicted molar refractivity (Wildman–Crippen MR) is 142 cm³/mol. The van der Waals surface area contributed by atoms with E-state index in [9.17, 15) is 9.59 Å². The lowest BCUT2D eigenvalue weighted by molar-refractivity contribution is -0.136. The Kier molecular flexibility index (Phi) is 9.36. The van der Waals surface area contributed by atoms with Crippen molar-refractivity contribution in [2.24, 2.45) is 4.99 Å². The number of hydrogen-bond acceptors (Lipinski definition) is 5. The average molecular weight is 506 g/mol. The molecule has 2 atom stereocenters. The molecule has 0 aliphatic carbocycles. The van der Waals surface area contributed by atoms with Crippen molar-refractivity contribution in [1.29, 1.82) is 5.41 Å². The average Bonchev–Trinajstić information content (AvgIpc) is 2.88. The van der Waals surface area contributed by atoms with Crippen LogP contribution in [0.25, 0.3) is 11.1 Å². The summed E-state index contributed by atoms with van der Waals surface area (Å²) in [7, 11) is 1.55. The van der Waals surface area contributed by atoms with Gasteiger partial charge in [-0.05, 0) is 41.7 Å². The van der Waals surface area contributed by atoms with Gasteiger partial charge in [0.25, 0.3) is 0 Å². The number of hydrogen-bond donors (Lipinski definition) is 3. The summed E-state index contributed by atoms with van der Waals surface area (Å²) < 4.78 is 5.47. The fraction of sp³-hybridized carbons (Fsp3) is 0.214. The molecule has 186 valence electrons. The number of amidine groups is 1. The molecule has 0 saturated heterocycles. The van der Waals surface area contributed by atoms with Gasteiger partial charge in [0, 0.05) is 30.3 Å². The van der Waals surface area contributed by atoms with Gasteiger partial charge in [-0.1, -0.05) is 78.3 Å². The van der Waals surface area contributed by atoms with Crippen molar-refractivity contribution in [3.05, 3.63) is 94.5 Å². The largest absolute Gasteiger partial charge is 0.481 e. The molecule has 3 aromatic rings. The van der Waals surface area contributed by atoms with Crippen LogP contribution < -0.4 is 5.32 Å². The zero-order chi connectivity index (χ0) is 26.1. The number of rotatable bonds is 9. The maximum absolute atomic E-state index is 12.5. The van der Waals surface area contributed by atoms with Gasteiger partial charge in [-0.2, -0.15) is 0 Å². The monoisotopic (exact) mass is 505 g/mol. The van der Waals surface area contributed by atoms with Crippen molar-refractivity contribution >= 4 is 35.7 Å². The molecule has 0 aliphatic heterocycles. The molecule has 0 aromatic heterocycles. The standard InChI is InChI=1S/C28H28ClN3O4/c1-18(23-5-3-4-6-25(23)29)36-28(35)32-27(31-2)24(17-30)22-14-12-21(13-15-22)20-10-7-19(8-11-20)9-16-26(33)34/h3-8,10-15,17-18,24,30H,9,16H2,1-2H3,(H,33,34)(H,31,32,35). The fourth-order valence-corrected chi connectivity index (χ4v) is 4.06. The Morgan fingerprint density at radius 1 is 1.06 bits per heavy atom. The number of amides is 1. The number of nitrogens with one attached hydrogen (secondary N) is 2. The number of halogens is 1. The molecule has 2 unspecified atom stereocenters. The molecular weight excluding hydrogens is 478 g/mol. The lowest BCUT2D eigenvalue weighted by atomic mass is 9.95. The summed E-state index contributed by atoms with van der Waals surface area (Å²) in [4.78, 5) is 27.5. The lowest BCUT2D eigenvalue weighted by Gasteiger charge is -2.19. The van der Waals surface area contributed by atoms with Gasteiger partial charge in [-0.15, -0.1) is 0 Å². The lowest BCUT2D eigenvalue weighted by Crippen LogP contribution is -2.36. The molecule has 0 radical (unpaired) electrons. The van der Waals surface area contributed by atoms with E-state index in [-0.39, 0.29) is 12.3 Å². The van der Waals surface area contributed by atoms with Gasteiger partial charge in [0.05, 0.1) is 5.92 Å². The summed E-state index contributed by atoms with van der Waals surface area (Å²) in [5, 5.41) is 19.9. The normalized spacial score (nSPS) is 12.9. The number of carboxylic acid groups (broad SMARTS) is 1. The zero-order valence-electron chi connectivity index (χ0n) is 20.1. The second-order valence-corrected chi connectivity index (χ2v) is 8.57. The van der Waals surface area contributed by atoms with Gasteiger partial charge in [-0.3, -0.25) is 15.1 Å². The topological polar surface area (TPSA) is 112 Å². The molecular formula is C28H28ClN3O4. The van der Waals surface area contributed by atoms with Crippen molar-refractivity contribution in [1.82, 2.24) is 5.32 Å². The maximum atomic E-state index is 12.5. The quantitative estimate of drug-likeness (QED) is 0.235.